The molecule has 30 heavy (non-hydrogen) atoms. The number of rotatable bonds is 7. The molecule has 0 amide bonds. The summed E-state index contributed by atoms with van der Waals surface area (Å²) >= 11 is 0. The molecular formula is C25H22O5. The van der Waals surface area contributed by atoms with E-state index in [0.29, 0.717) is 23.7 Å². The number of ether oxygens (including phenoxy) is 4. The lowest BCUT2D eigenvalue weighted by atomic mass is 9.99. The van der Waals surface area contributed by atoms with Crippen LogP contribution in [-0.4, -0.2) is 19.7 Å². The highest BCUT2D eigenvalue weighted by Gasteiger charge is 2.31. The van der Waals surface area contributed by atoms with Crippen molar-refractivity contribution in [1.29, 1.82) is 0 Å². The number of Topliss-reactive ketones (excluding diaryl/α,β-unsaturated/α-hetero) is 1. The van der Waals surface area contributed by atoms with Gasteiger partial charge in [0.25, 0.3) is 0 Å². The number of ketones is 1. The lowest BCUT2D eigenvalue weighted by Gasteiger charge is -2.12. The monoisotopic (exact) mass is 402 g/mol. The van der Waals surface area contributed by atoms with Crippen molar-refractivity contribution in [1.82, 2.24) is 0 Å². The van der Waals surface area contributed by atoms with Crippen LogP contribution in [0.25, 0.3) is 11.1 Å². The van der Waals surface area contributed by atoms with E-state index in [4.69, 9.17) is 18.9 Å². The Kier molecular flexibility index (Phi) is 4.79. The Hall–Kier alpha value is -3.47. The number of hydrogen-bond donors (Lipinski definition) is 0. The van der Waals surface area contributed by atoms with E-state index in [2.05, 4.69) is 0 Å². The lowest BCUT2D eigenvalue weighted by molar-refractivity contribution is 0.0967. The summed E-state index contributed by atoms with van der Waals surface area (Å²) in [5.74, 6) is 3.26. The highest BCUT2D eigenvalue weighted by molar-refractivity contribution is 6.00. The van der Waals surface area contributed by atoms with Gasteiger partial charge in [0.1, 0.15) is 18.1 Å². The molecule has 0 saturated heterocycles. The first kappa shape index (κ1) is 18.6. The molecule has 0 spiro atoms. The summed E-state index contributed by atoms with van der Waals surface area (Å²) in [5, 5.41) is 0. The Labute approximate surface area is 175 Å². The van der Waals surface area contributed by atoms with E-state index in [1.807, 2.05) is 60.7 Å². The van der Waals surface area contributed by atoms with Crippen LogP contribution in [-0.2, 0) is 6.61 Å². The summed E-state index contributed by atoms with van der Waals surface area (Å²) in [6, 6.07) is 19.3. The van der Waals surface area contributed by atoms with E-state index in [-0.39, 0.29) is 18.5 Å². The van der Waals surface area contributed by atoms with E-state index in [1.54, 1.807) is 7.11 Å². The van der Waals surface area contributed by atoms with Gasteiger partial charge < -0.3 is 18.9 Å². The zero-order chi connectivity index (χ0) is 20.5. The zero-order valence-electron chi connectivity index (χ0n) is 16.7. The van der Waals surface area contributed by atoms with Crippen molar-refractivity contribution in [2.75, 3.05) is 13.9 Å². The second-order valence-corrected chi connectivity index (χ2v) is 7.59. The summed E-state index contributed by atoms with van der Waals surface area (Å²) in [5.41, 5.74) is 3.60. The van der Waals surface area contributed by atoms with Crippen LogP contribution < -0.4 is 18.9 Å². The zero-order valence-corrected chi connectivity index (χ0v) is 16.7. The molecule has 2 aliphatic rings. The van der Waals surface area contributed by atoms with Crippen LogP contribution >= 0.6 is 0 Å². The van der Waals surface area contributed by atoms with Crippen LogP contribution in [0, 0.1) is 5.92 Å². The number of fused-ring (bicyclic) bond motifs is 1. The molecule has 0 aromatic heterocycles. The first-order valence-electron chi connectivity index (χ1n) is 10.0. The maximum atomic E-state index is 12.8. The van der Waals surface area contributed by atoms with Crippen LogP contribution in [0.1, 0.15) is 28.8 Å². The minimum Gasteiger partial charge on any atom is -0.497 e. The first-order valence-corrected chi connectivity index (χ1v) is 10.0. The van der Waals surface area contributed by atoms with Gasteiger partial charge in [0.2, 0.25) is 6.79 Å². The Morgan fingerprint density at radius 2 is 1.70 bits per heavy atom. The SMILES string of the molecule is COc1ccc(COc2cc(C(=O)C3CC3)cc(-c3ccc4c(c3)OCO4)c2)cc1. The maximum absolute atomic E-state index is 12.8. The average molecular weight is 402 g/mol. The summed E-state index contributed by atoms with van der Waals surface area (Å²) in [6.45, 7) is 0.640. The summed E-state index contributed by atoms with van der Waals surface area (Å²) in [7, 11) is 1.64. The lowest BCUT2D eigenvalue weighted by Crippen LogP contribution is -2.03. The summed E-state index contributed by atoms with van der Waals surface area (Å²) < 4.78 is 22.2. The summed E-state index contributed by atoms with van der Waals surface area (Å²) in [4.78, 5) is 12.8. The van der Waals surface area contributed by atoms with Crippen molar-refractivity contribution in [3.63, 3.8) is 0 Å². The van der Waals surface area contributed by atoms with E-state index in [9.17, 15) is 4.79 Å². The molecule has 0 radical (unpaired) electrons. The quantitative estimate of drug-likeness (QED) is 0.505. The predicted molar refractivity (Wildman–Crippen MR) is 112 cm³/mol. The van der Waals surface area contributed by atoms with E-state index < -0.39 is 0 Å². The molecule has 0 atom stereocenters. The third-order valence-corrected chi connectivity index (χ3v) is 5.41. The van der Waals surface area contributed by atoms with Crippen molar-refractivity contribution in [3.05, 3.63) is 71.8 Å². The third-order valence-electron chi connectivity index (χ3n) is 5.41. The van der Waals surface area contributed by atoms with Crippen molar-refractivity contribution in [2.24, 2.45) is 5.92 Å². The Morgan fingerprint density at radius 3 is 2.47 bits per heavy atom. The second kappa shape index (κ2) is 7.75. The van der Waals surface area contributed by atoms with Gasteiger partial charge in [0.05, 0.1) is 7.11 Å². The molecular weight excluding hydrogens is 380 g/mol. The van der Waals surface area contributed by atoms with Gasteiger partial charge in [-0.2, -0.15) is 0 Å². The molecule has 5 heteroatoms. The van der Waals surface area contributed by atoms with Gasteiger partial charge in [-0.25, -0.2) is 0 Å². The smallest absolute Gasteiger partial charge is 0.231 e. The number of carbonyl (C=O) groups is 1. The number of benzene rings is 3. The van der Waals surface area contributed by atoms with Crippen molar-refractivity contribution in [2.45, 2.75) is 19.4 Å². The Balaban J connectivity index is 1.44. The van der Waals surface area contributed by atoms with E-state index in [1.165, 1.54) is 0 Å². The van der Waals surface area contributed by atoms with Crippen molar-refractivity contribution < 1.29 is 23.7 Å². The maximum Gasteiger partial charge on any atom is 0.231 e. The minimum absolute atomic E-state index is 0.145. The van der Waals surface area contributed by atoms with Crippen molar-refractivity contribution in [3.8, 4) is 34.1 Å². The second-order valence-electron chi connectivity index (χ2n) is 7.59. The average Bonchev–Trinajstić information content (AvgIpc) is 3.54. The van der Waals surface area contributed by atoms with E-state index >= 15 is 0 Å². The molecule has 0 N–H and O–H groups in total. The highest BCUT2D eigenvalue weighted by Crippen LogP contribution is 2.39. The molecule has 3 aromatic rings. The first-order chi connectivity index (χ1) is 14.7. The largest absolute Gasteiger partial charge is 0.497 e. The summed E-state index contributed by atoms with van der Waals surface area (Å²) in [6.07, 6.45) is 1.93. The molecule has 1 saturated carbocycles. The van der Waals surface area contributed by atoms with Gasteiger partial charge in [-0.05, 0) is 72.0 Å². The van der Waals surface area contributed by atoms with Crippen LogP contribution in [0.15, 0.2) is 60.7 Å². The molecule has 1 fully saturated rings. The molecule has 3 aromatic carbocycles. The molecule has 0 unspecified atom stereocenters. The number of methoxy groups -OCH3 is 1. The van der Waals surface area contributed by atoms with E-state index in [0.717, 1.165) is 41.0 Å². The van der Waals surface area contributed by atoms with Crippen LogP contribution in [0.2, 0.25) is 0 Å². The van der Waals surface area contributed by atoms with Crippen LogP contribution in [0.5, 0.6) is 23.0 Å². The molecule has 1 aliphatic heterocycles. The third kappa shape index (κ3) is 3.83. The molecule has 0 bridgehead atoms. The Bertz CT molecular complexity index is 1080. The minimum atomic E-state index is 0.145. The fourth-order valence-corrected chi connectivity index (χ4v) is 3.54. The van der Waals surface area contributed by atoms with Gasteiger partial charge in [0.15, 0.2) is 17.3 Å². The van der Waals surface area contributed by atoms with Crippen LogP contribution in [0.4, 0.5) is 0 Å². The predicted octanol–water partition coefficient (Wildman–Crippen LogP) is 5.26. The number of carbonyl (C=O) groups excluding carboxylic acids is 1. The standard InChI is InChI=1S/C25H22O5/c1-27-21-7-2-16(3-8-21)14-28-22-11-19(10-20(12-22)25(26)17-4-5-17)18-6-9-23-24(13-18)30-15-29-23/h2-3,6-13,17H,4-5,14-15H2,1H3. The highest BCUT2D eigenvalue weighted by atomic mass is 16.7. The molecule has 152 valence electrons. The Morgan fingerprint density at radius 1 is 0.900 bits per heavy atom. The fourth-order valence-electron chi connectivity index (χ4n) is 3.54. The van der Waals surface area contributed by atoms with Gasteiger partial charge in [-0.1, -0.05) is 18.2 Å². The van der Waals surface area contributed by atoms with Gasteiger partial charge >= 0.3 is 0 Å². The topological polar surface area (TPSA) is 54.0 Å². The van der Waals surface area contributed by atoms with Gasteiger partial charge in [-0.3, -0.25) is 4.79 Å². The van der Waals surface area contributed by atoms with Crippen LogP contribution in [0.3, 0.4) is 0 Å². The van der Waals surface area contributed by atoms with Crippen molar-refractivity contribution >= 4 is 5.78 Å². The fraction of sp³-hybridized carbons (Fsp3) is 0.240. The normalized spacial score (nSPS) is 14.4. The van der Waals surface area contributed by atoms with Gasteiger partial charge in [-0.15, -0.1) is 0 Å². The molecule has 5 rings (SSSR count). The molecule has 1 heterocycles. The molecule has 5 nitrogen and oxygen atoms in total. The number of hydrogen-bond acceptors (Lipinski definition) is 5. The molecule has 1 aliphatic carbocycles. The van der Waals surface area contributed by atoms with Gasteiger partial charge in [0, 0.05) is 11.5 Å².